The quantitative estimate of drug-likeness (QED) is 0.574. The van der Waals surface area contributed by atoms with Crippen LogP contribution in [0.5, 0.6) is 11.5 Å². The van der Waals surface area contributed by atoms with E-state index in [9.17, 15) is 9.90 Å². The van der Waals surface area contributed by atoms with Gasteiger partial charge in [0.1, 0.15) is 11.5 Å². The van der Waals surface area contributed by atoms with Crippen LogP contribution in [0.15, 0.2) is 18.2 Å². The maximum absolute atomic E-state index is 10.6. The van der Waals surface area contributed by atoms with E-state index in [1.807, 2.05) is 6.92 Å². The average Bonchev–Trinajstić information content (AvgIpc) is 2.23. The average molecular weight is 238 g/mol. The highest BCUT2D eigenvalue weighted by molar-refractivity contribution is 5.72. The Bertz CT molecular complexity index is 393. The topological polar surface area (TPSA) is 81.6 Å². The Labute approximate surface area is 100 Å². The number of phenols is 2. The molecule has 1 aromatic carbocycles. The summed E-state index contributed by atoms with van der Waals surface area (Å²) in [5.74, 6) is 0.0353. The van der Waals surface area contributed by atoms with Gasteiger partial charge in [0.05, 0.1) is 0 Å². The van der Waals surface area contributed by atoms with Crippen LogP contribution in [0.3, 0.4) is 0 Å². The van der Waals surface area contributed by atoms with Crippen molar-refractivity contribution in [3.05, 3.63) is 23.8 Å². The standard InChI is InChI=1S/C12H18N2O3/c1-8(13-5-6-14-9(2)15)11-4-3-10(16)7-12(11)17/h3-4,7-8,13,16-17H,5-6H2,1-2H3,(H,14,15). The van der Waals surface area contributed by atoms with Crippen molar-refractivity contribution in [2.45, 2.75) is 19.9 Å². The van der Waals surface area contributed by atoms with E-state index in [2.05, 4.69) is 10.6 Å². The zero-order valence-corrected chi connectivity index (χ0v) is 10.0. The van der Waals surface area contributed by atoms with Crippen LogP contribution in [-0.2, 0) is 4.79 Å². The Morgan fingerprint density at radius 1 is 1.35 bits per heavy atom. The van der Waals surface area contributed by atoms with Gasteiger partial charge < -0.3 is 20.8 Å². The molecule has 1 aromatic rings. The summed E-state index contributed by atoms with van der Waals surface area (Å²) in [6.07, 6.45) is 0. The summed E-state index contributed by atoms with van der Waals surface area (Å²) in [5, 5.41) is 24.6. The van der Waals surface area contributed by atoms with E-state index in [1.165, 1.54) is 19.1 Å². The molecule has 0 heterocycles. The highest BCUT2D eigenvalue weighted by Gasteiger charge is 2.09. The predicted molar refractivity (Wildman–Crippen MR) is 64.9 cm³/mol. The first-order valence-corrected chi connectivity index (χ1v) is 5.50. The van der Waals surface area contributed by atoms with E-state index in [-0.39, 0.29) is 23.4 Å². The minimum absolute atomic E-state index is 0.0386. The second kappa shape index (κ2) is 6.10. The number of benzene rings is 1. The molecule has 0 fully saturated rings. The lowest BCUT2D eigenvalue weighted by atomic mass is 10.1. The van der Waals surface area contributed by atoms with Crippen LogP contribution >= 0.6 is 0 Å². The number of hydrogen-bond donors (Lipinski definition) is 4. The van der Waals surface area contributed by atoms with Crippen molar-refractivity contribution in [3.8, 4) is 11.5 Å². The summed E-state index contributed by atoms with van der Waals surface area (Å²) in [7, 11) is 0. The maximum atomic E-state index is 10.6. The number of phenolic OH excluding ortho intramolecular Hbond substituents is 2. The first-order chi connectivity index (χ1) is 8.00. The molecule has 17 heavy (non-hydrogen) atoms. The molecular weight excluding hydrogens is 220 g/mol. The lowest BCUT2D eigenvalue weighted by Crippen LogP contribution is -2.31. The van der Waals surface area contributed by atoms with Gasteiger partial charge in [-0.3, -0.25) is 4.79 Å². The maximum Gasteiger partial charge on any atom is 0.216 e. The number of carbonyl (C=O) groups excluding carboxylic acids is 1. The Hall–Kier alpha value is -1.75. The molecule has 0 bridgehead atoms. The molecule has 1 amide bonds. The summed E-state index contributed by atoms with van der Waals surface area (Å²) in [6.45, 7) is 4.52. The molecule has 94 valence electrons. The Balaban J connectivity index is 2.46. The number of nitrogens with one attached hydrogen (secondary N) is 2. The molecule has 0 saturated carbocycles. The van der Waals surface area contributed by atoms with Crippen LogP contribution in [0.25, 0.3) is 0 Å². The van der Waals surface area contributed by atoms with Crippen LogP contribution in [-0.4, -0.2) is 29.2 Å². The molecule has 0 aromatic heterocycles. The van der Waals surface area contributed by atoms with E-state index in [4.69, 9.17) is 5.11 Å². The van der Waals surface area contributed by atoms with Crippen LogP contribution in [0.2, 0.25) is 0 Å². The van der Waals surface area contributed by atoms with Crippen molar-refractivity contribution >= 4 is 5.91 Å². The van der Waals surface area contributed by atoms with Crippen LogP contribution in [0.4, 0.5) is 0 Å². The van der Waals surface area contributed by atoms with Gasteiger partial charge in [-0.25, -0.2) is 0 Å². The van der Waals surface area contributed by atoms with Gasteiger partial charge in [-0.1, -0.05) is 6.07 Å². The molecule has 1 unspecified atom stereocenters. The molecule has 0 aliphatic carbocycles. The number of hydrogen-bond acceptors (Lipinski definition) is 4. The first-order valence-electron chi connectivity index (χ1n) is 5.50. The molecule has 0 radical (unpaired) electrons. The molecule has 4 N–H and O–H groups in total. The molecule has 0 aliphatic heterocycles. The fraction of sp³-hybridized carbons (Fsp3) is 0.417. The summed E-state index contributed by atoms with van der Waals surface area (Å²) in [6, 6.07) is 4.45. The smallest absolute Gasteiger partial charge is 0.216 e. The normalized spacial score (nSPS) is 12.1. The van der Waals surface area contributed by atoms with E-state index >= 15 is 0 Å². The number of amides is 1. The summed E-state index contributed by atoms with van der Waals surface area (Å²) in [5.41, 5.74) is 0.714. The van der Waals surface area contributed by atoms with Gasteiger partial charge >= 0.3 is 0 Å². The number of carbonyl (C=O) groups is 1. The Morgan fingerprint density at radius 3 is 2.65 bits per heavy atom. The molecule has 1 rings (SSSR count). The number of rotatable bonds is 5. The van der Waals surface area contributed by atoms with Gasteiger partial charge in [-0.2, -0.15) is 0 Å². The van der Waals surface area contributed by atoms with Crippen molar-refractivity contribution in [1.82, 2.24) is 10.6 Å². The van der Waals surface area contributed by atoms with Crippen molar-refractivity contribution in [1.29, 1.82) is 0 Å². The second-order valence-electron chi connectivity index (χ2n) is 3.90. The largest absolute Gasteiger partial charge is 0.508 e. The van der Waals surface area contributed by atoms with E-state index in [1.54, 1.807) is 6.07 Å². The predicted octanol–water partition coefficient (Wildman–Crippen LogP) is 0.884. The molecular formula is C12H18N2O3. The summed E-state index contributed by atoms with van der Waals surface area (Å²) >= 11 is 0. The van der Waals surface area contributed by atoms with E-state index in [0.29, 0.717) is 18.7 Å². The van der Waals surface area contributed by atoms with Gasteiger partial charge in [-0.05, 0) is 13.0 Å². The SMILES string of the molecule is CC(=O)NCCNC(C)c1ccc(O)cc1O. The van der Waals surface area contributed by atoms with Crippen molar-refractivity contribution in [2.24, 2.45) is 0 Å². The fourth-order valence-electron chi connectivity index (χ4n) is 1.54. The van der Waals surface area contributed by atoms with E-state index < -0.39 is 0 Å². The molecule has 1 atom stereocenters. The van der Waals surface area contributed by atoms with E-state index in [0.717, 1.165) is 0 Å². The summed E-state index contributed by atoms with van der Waals surface area (Å²) in [4.78, 5) is 10.6. The minimum atomic E-state index is -0.0630. The van der Waals surface area contributed by atoms with Crippen molar-refractivity contribution in [2.75, 3.05) is 13.1 Å². The van der Waals surface area contributed by atoms with Crippen LogP contribution < -0.4 is 10.6 Å². The lowest BCUT2D eigenvalue weighted by Gasteiger charge is -2.15. The lowest BCUT2D eigenvalue weighted by molar-refractivity contribution is -0.118. The highest BCUT2D eigenvalue weighted by atomic mass is 16.3. The van der Waals surface area contributed by atoms with Gasteiger partial charge in [0, 0.05) is 37.7 Å². The third kappa shape index (κ3) is 4.32. The second-order valence-corrected chi connectivity index (χ2v) is 3.90. The van der Waals surface area contributed by atoms with Crippen molar-refractivity contribution in [3.63, 3.8) is 0 Å². The fourth-order valence-corrected chi connectivity index (χ4v) is 1.54. The molecule has 0 saturated heterocycles. The third-order valence-corrected chi connectivity index (χ3v) is 2.43. The van der Waals surface area contributed by atoms with Gasteiger partial charge in [0.2, 0.25) is 5.91 Å². The van der Waals surface area contributed by atoms with Crippen LogP contribution in [0.1, 0.15) is 25.5 Å². The summed E-state index contributed by atoms with van der Waals surface area (Å²) < 4.78 is 0. The highest BCUT2D eigenvalue weighted by Crippen LogP contribution is 2.27. The first kappa shape index (κ1) is 13.3. The molecule has 5 nitrogen and oxygen atoms in total. The van der Waals surface area contributed by atoms with Gasteiger partial charge in [-0.15, -0.1) is 0 Å². The third-order valence-electron chi connectivity index (χ3n) is 2.43. The molecule has 0 aliphatic rings. The zero-order chi connectivity index (χ0) is 12.8. The van der Waals surface area contributed by atoms with Gasteiger partial charge in [0.15, 0.2) is 0 Å². The van der Waals surface area contributed by atoms with Crippen molar-refractivity contribution < 1.29 is 15.0 Å². The Kier molecular flexibility index (Phi) is 4.78. The molecule has 0 spiro atoms. The molecule has 5 heteroatoms. The Morgan fingerprint density at radius 2 is 2.06 bits per heavy atom. The van der Waals surface area contributed by atoms with Crippen LogP contribution in [0, 0.1) is 0 Å². The monoisotopic (exact) mass is 238 g/mol. The minimum Gasteiger partial charge on any atom is -0.508 e. The zero-order valence-electron chi connectivity index (χ0n) is 10.0. The van der Waals surface area contributed by atoms with Gasteiger partial charge in [0.25, 0.3) is 0 Å². The number of aromatic hydroxyl groups is 2.